The second kappa shape index (κ2) is 4.86. The largest absolute Gasteiger partial charge is 0.478 e. The van der Waals surface area contributed by atoms with Crippen molar-refractivity contribution in [2.75, 3.05) is 0 Å². The zero-order valence-electron chi connectivity index (χ0n) is 10.2. The number of aromatic carboxylic acids is 1. The predicted molar refractivity (Wildman–Crippen MR) is 78.0 cm³/mol. The summed E-state index contributed by atoms with van der Waals surface area (Å²) < 4.78 is 0. The Labute approximate surface area is 114 Å². The molecule has 0 aliphatic rings. The van der Waals surface area contributed by atoms with Crippen molar-refractivity contribution in [2.24, 2.45) is 0 Å². The van der Waals surface area contributed by atoms with Gasteiger partial charge in [0, 0.05) is 11.3 Å². The summed E-state index contributed by atoms with van der Waals surface area (Å²) in [5.74, 6) is -0.864. The molecule has 2 aromatic carbocycles. The third-order valence-electron chi connectivity index (χ3n) is 3.20. The number of carboxylic acid groups (broad SMARTS) is 1. The molecule has 1 heterocycles. The van der Waals surface area contributed by atoms with Gasteiger partial charge in [-0.3, -0.25) is 0 Å². The number of carbonyl (C=O) groups is 1. The SMILES string of the molecule is O=C(O)c1ccc2ccccc2c1Cc1cccs1. The van der Waals surface area contributed by atoms with E-state index in [1.54, 1.807) is 17.4 Å². The fraction of sp³-hybridized carbons (Fsp3) is 0.0625. The van der Waals surface area contributed by atoms with E-state index in [2.05, 4.69) is 0 Å². The summed E-state index contributed by atoms with van der Waals surface area (Å²) in [5.41, 5.74) is 1.29. The smallest absolute Gasteiger partial charge is 0.335 e. The van der Waals surface area contributed by atoms with Gasteiger partial charge in [-0.05, 0) is 33.8 Å². The molecule has 0 radical (unpaired) electrons. The number of fused-ring (bicyclic) bond motifs is 1. The van der Waals surface area contributed by atoms with Crippen LogP contribution in [0.5, 0.6) is 0 Å². The minimum atomic E-state index is -0.864. The van der Waals surface area contributed by atoms with Crippen LogP contribution >= 0.6 is 11.3 Å². The number of hydrogen-bond acceptors (Lipinski definition) is 2. The molecule has 0 aliphatic carbocycles. The van der Waals surface area contributed by atoms with Gasteiger partial charge < -0.3 is 5.11 Å². The lowest BCUT2D eigenvalue weighted by Crippen LogP contribution is -2.03. The molecule has 3 rings (SSSR count). The van der Waals surface area contributed by atoms with E-state index in [0.29, 0.717) is 12.0 Å². The van der Waals surface area contributed by atoms with E-state index in [1.165, 1.54) is 4.88 Å². The van der Waals surface area contributed by atoms with Gasteiger partial charge in [0.25, 0.3) is 0 Å². The van der Waals surface area contributed by atoms with E-state index < -0.39 is 5.97 Å². The summed E-state index contributed by atoms with van der Waals surface area (Å²) in [6.45, 7) is 0. The highest BCUT2D eigenvalue weighted by molar-refractivity contribution is 7.09. The lowest BCUT2D eigenvalue weighted by molar-refractivity contribution is 0.0696. The fourth-order valence-electron chi connectivity index (χ4n) is 2.31. The average molecular weight is 268 g/mol. The van der Waals surface area contributed by atoms with Crippen LogP contribution in [0.1, 0.15) is 20.8 Å². The molecule has 19 heavy (non-hydrogen) atoms. The highest BCUT2D eigenvalue weighted by Gasteiger charge is 2.13. The first-order valence-corrected chi connectivity index (χ1v) is 6.90. The summed E-state index contributed by atoms with van der Waals surface area (Å²) in [5, 5.41) is 13.5. The maximum atomic E-state index is 11.4. The van der Waals surface area contributed by atoms with Crippen LogP contribution in [-0.2, 0) is 6.42 Å². The molecule has 0 bridgehead atoms. The van der Waals surface area contributed by atoms with E-state index in [9.17, 15) is 9.90 Å². The van der Waals surface area contributed by atoms with Gasteiger partial charge in [0.15, 0.2) is 0 Å². The van der Waals surface area contributed by atoms with E-state index in [4.69, 9.17) is 0 Å². The molecule has 3 heteroatoms. The van der Waals surface area contributed by atoms with Crippen molar-refractivity contribution in [3.63, 3.8) is 0 Å². The van der Waals surface area contributed by atoms with Crippen LogP contribution < -0.4 is 0 Å². The molecular weight excluding hydrogens is 256 g/mol. The Bertz CT molecular complexity index is 730. The maximum Gasteiger partial charge on any atom is 0.335 e. The molecule has 0 amide bonds. The monoisotopic (exact) mass is 268 g/mol. The zero-order valence-corrected chi connectivity index (χ0v) is 11.0. The van der Waals surface area contributed by atoms with Crippen LogP contribution in [-0.4, -0.2) is 11.1 Å². The van der Waals surface area contributed by atoms with Crippen LogP contribution in [0.4, 0.5) is 0 Å². The molecule has 0 saturated heterocycles. The van der Waals surface area contributed by atoms with Crippen molar-refractivity contribution in [2.45, 2.75) is 6.42 Å². The van der Waals surface area contributed by atoms with Gasteiger partial charge in [-0.25, -0.2) is 4.79 Å². The first-order chi connectivity index (χ1) is 9.25. The fourth-order valence-corrected chi connectivity index (χ4v) is 3.03. The van der Waals surface area contributed by atoms with Gasteiger partial charge in [0.2, 0.25) is 0 Å². The third kappa shape index (κ3) is 2.25. The van der Waals surface area contributed by atoms with Crippen molar-refractivity contribution in [3.8, 4) is 0 Å². The molecular formula is C16H12O2S. The Hall–Kier alpha value is -2.13. The van der Waals surface area contributed by atoms with Gasteiger partial charge in [-0.1, -0.05) is 36.4 Å². The quantitative estimate of drug-likeness (QED) is 0.773. The number of hydrogen-bond donors (Lipinski definition) is 1. The zero-order chi connectivity index (χ0) is 13.2. The van der Waals surface area contributed by atoms with Gasteiger partial charge in [-0.2, -0.15) is 0 Å². The molecule has 3 aromatic rings. The lowest BCUT2D eigenvalue weighted by Gasteiger charge is -2.09. The van der Waals surface area contributed by atoms with Gasteiger partial charge in [0.1, 0.15) is 0 Å². The molecule has 1 aromatic heterocycles. The van der Waals surface area contributed by atoms with Crippen LogP contribution in [0.3, 0.4) is 0 Å². The Morgan fingerprint density at radius 3 is 2.63 bits per heavy atom. The Kier molecular flexibility index (Phi) is 3.05. The molecule has 0 atom stereocenters. The molecule has 2 nitrogen and oxygen atoms in total. The molecule has 0 saturated carbocycles. The summed E-state index contributed by atoms with van der Waals surface area (Å²) >= 11 is 1.65. The lowest BCUT2D eigenvalue weighted by atomic mass is 9.96. The molecule has 0 unspecified atom stereocenters. The third-order valence-corrected chi connectivity index (χ3v) is 4.08. The summed E-state index contributed by atoms with van der Waals surface area (Å²) in [6.07, 6.45) is 0.667. The number of rotatable bonds is 3. The summed E-state index contributed by atoms with van der Waals surface area (Å²) in [6, 6.07) is 15.5. The molecule has 0 fully saturated rings. The maximum absolute atomic E-state index is 11.4. The second-order valence-corrected chi connectivity index (χ2v) is 5.41. The predicted octanol–water partition coefficient (Wildman–Crippen LogP) is 4.19. The standard InChI is InChI=1S/C16H12O2S/c17-16(18)14-8-7-11-4-1-2-6-13(11)15(14)10-12-5-3-9-19-12/h1-9H,10H2,(H,17,18). The molecule has 0 aliphatic heterocycles. The van der Waals surface area contributed by atoms with E-state index in [-0.39, 0.29) is 0 Å². The highest BCUT2D eigenvalue weighted by atomic mass is 32.1. The number of thiophene rings is 1. The van der Waals surface area contributed by atoms with E-state index in [1.807, 2.05) is 47.8 Å². The minimum Gasteiger partial charge on any atom is -0.478 e. The van der Waals surface area contributed by atoms with Crippen molar-refractivity contribution >= 4 is 28.1 Å². The van der Waals surface area contributed by atoms with E-state index >= 15 is 0 Å². The second-order valence-electron chi connectivity index (χ2n) is 4.37. The van der Waals surface area contributed by atoms with Gasteiger partial charge in [-0.15, -0.1) is 11.3 Å². The topological polar surface area (TPSA) is 37.3 Å². The van der Waals surface area contributed by atoms with Crippen molar-refractivity contribution < 1.29 is 9.90 Å². The van der Waals surface area contributed by atoms with Crippen molar-refractivity contribution in [1.82, 2.24) is 0 Å². The minimum absolute atomic E-state index is 0.395. The molecule has 1 N–H and O–H groups in total. The van der Waals surface area contributed by atoms with Crippen molar-refractivity contribution in [1.29, 1.82) is 0 Å². The summed E-state index contributed by atoms with van der Waals surface area (Å²) in [4.78, 5) is 12.6. The molecule has 94 valence electrons. The Morgan fingerprint density at radius 1 is 1.05 bits per heavy atom. The number of benzene rings is 2. The van der Waals surface area contributed by atoms with Gasteiger partial charge >= 0.3 is 5.97 Å². The first kappa shape index (κ1) is 11.9. The van der Waals surface area contributed by atoms with Crippen LogP contribution in [0.2, 0.25) is 0 Å². The normalized spacial score (nSPS) is 10.7. The number of carboxylic acids is 1. The van der Waals surface area contributed by atoms with E-state index in [0.717, 1.165) is 16.3 Å². The van der Waals surface area contributed by atoms with Crippen LogP contribution in [0.25, 0.3) is 10.8 Å². The highest BCUT2D eigenvalue weighted by Crippen LogP contribution is 2.26. The average Bonchev–Trinajstić information content (AvgIpc) is 2.92. The Balaban J connectivity index is 2.22. The Morgan fingerprint density at radius 2 is 1.89 bits per heavy atom. The van der Waals surface area contributed by atoms with Crippen LogP contribution in [0.15, 0.2) is 53.9 Å². The molecule has 0 spiro atoms. The summed E-state index contributed by atoms with van der Waals surface area (Å²) in [7, 11) is 0. The van der Waals surface area contributed by atoms with Crippen molar-refractivity contribution in [3.05, 3.63) is 69.9 Å². The first-order valence-electron chi connectivity index (χ1n) is 6.02. The van der Waals surface area contributed by atoms with Crippen LogP contribution in [0, 0.1) is 0 Å². The van der Waals surface area contributed by atoms with Gasteiger partial charge in [0.05, 0.1) is 5.56 Å².